The minimum Gasteiger partial charge on any atom is -0.491 e. The molecule has 0 radical (unpaired) electrons. The maximum absolute atomic E-state index is 13.5. The first-order chi connectivity index (χ1) is 12.2. The molecule has 0 amide bonds. The zero-order valence-electron chi connectivity index (χ0n) is 13.6. The molecule has 3 aromatic rings. The zero-order chi connectivity index (χ0) is 17.3. The summed E-state index contributed by atoms with van der Waals surface area (Å²) in [6, 6.07) is 25.0. The number of hydrogen-bond donors (Lipinski definition) is 0. The molecular formula is C22H17ClO2. The molecule has 1 atom stereocenters. The highest BCUT2D eigenvalue weighted by Crippen LogP contribution is 2.39. The number of hydrogen-bond acceptors (Lipinski definition) is 2. The molecule has 0 fully saturated rings. The lowest BCUT2D eigenvalue weighted by molar-refractivity contribution is 0.0766. The lowest BCUT2D eigenvalue weighted by atomic mass is 9.70. The largest absolute Gasteiger partial charge is 0.491 e. The van der Waals surface area contributed by atoms with Gasteiger partial charge in [-0.15, -0.1) is 0 Å². The van der Waals surface area contributed by atoms with Crippen LogP contribution in [-0.2, 0) is 11.8 Å². The second-order valence-electron chi connectivity index (χ2n) is 6.37. The Morgan fingerprint density at radius 3 is 2.32 bits per heavy atom. The highest BCUT2D eigenvalue weighted by atomic mass is 35.5. The van der Waals surface area contributed by atoms with E-state index in [1.165, 1.54) is 0 Å². The molecule has 1 aliphatic heterocycles. The van der Waals surface area contributed by atoms with E-state index in [1.807, 2.05) is 78.9 Å². The van der Waals surface area contributed by atoms with Crippen LogP contribution in [0.4, 0.5) is 0 Å². The lowest BCUT2D eigenvalue weighted by Gasteiger charge is -2.37. The number of halogens is 1. The van der Waals surface area contributed by atoms with Gasteiger partial charge in [-0.3, -0.25) is 4.79 Å². The van der Waals surface area contributed by atoms with E-state index in [4.69, 9.17) is 16.3 Å². The van der Waals surface area contributed by atoms with Gasteiger partial charge >= 0.3 is 0 Å². The molecule has 4 rings (SSSR count). The summed E-state index contributed by atoms with van der Waals surface area (Å²) in [7, 11) is 0. The van der Waals surface area contributed by atoms with Gasteiger partial charge in [-0.25, -0.2) is 0 Å². The molecular weight excluding hydrogens is 332 g/mol. The zero-order valence-corrected chi connectivity index (χ0v) is 14.4. The van der Waals surface area contributed by atoms with Crippen LogP contribution < -0.4 is 4.74 Å². The lowest BCUT2D eigenvalue weighted by Crippen LogP contribution is -2.46. The molecule has 124 valence electrons. The molecule has 0 aliphatic carbocycles. The predicted molar refractivity (Wildman–Crippen MR) is 99.5 cm³/mol. The quantitative estimate of drug-likeness (QED) is 0.658. The number of carbonyl (C=O) groups is 1. The average molecular weight is 349 g/mol. The van der Waals surface area contributed by atoms with Gasteiger partial charge in [-0.2, -0.15) is 0 Å². The number of ketones is 1. The minimum absolute atomic E-state index is 0.0977. The fourth-order valence-corrected chi connectivity index (χ4v) is 3.59. The van der Waals surface area contributed by atoms with E-state index < -0.39 is 5.41 Å². The highest BCUT2D eigenvalue weighted by molar-refractivity contribution is 6.30. The van der Waals surface area contributed by atoms with E-state index in [9.17, 15) is 4.79 Å². The molecule has 0 aromatic heterocycles. The highest BCUT2D eigenvalue weighted by Gasteiger charge is 2.45. The van der Waals surface area contributed by atoms with E-state index in [0.29, 0.717) is 29.4 Å². The molecule has 1 heterocycles. The molecule has 0 saturated carbocycles. The average Bonchev–Trinajstić information content (AvgIpc) is 2.66. The smallest absolute Gasteiger partial charge is 0.180 e. The van der Waals surface area contributed by atoms with Crippen molar-refractivity contribution in [2.24, 2.45) is 0 Å². The Morgan fingerprint density at radius 2 is 1.56 bits per heavy atom. The Morgan fingerprint density at radius 1 is 0.880 bits per heavy atom. The topological polar surface area (TPSA) is 26.3 Å². The third kappa shape index (κ3) is 2.83. The first-order valence-electron chi connectivity index (χ1n) is 8.26. The Hall–Kier alpha value is -2.58. The fourth-order valence-electron chi connectivity index (χ4n) is 3.47. The normalized spacial score (nSPS) is 19.2. The van der Waals surface area contributed by atoms with Crippen molar-refractivity contribution in [1.29, 1.82) is 0 Å². The predicted octanol–water partition coefficient (Wildman–Crippen LogP) is 5.10. The molecule has 2 nitrogen and oxygen atoms in total. The molecule has 0 spiro atoms. The molecule has 0 unspecified atom stereocenters. The van der Waals surface area contributed by atoms with Crippen LogP contribution in [0.25, 0.3) is 0 Å². The molecule has 0 saturated heterocycles. The van der Waals surface area contributed by atoms with Crippen molar-refractivity contribution in [2.75, 3.05) is 6.61 Å². The van der Waals surface area contributed by atoms with Crippen molar-refractivity contribution in [2.45, 2.75) is 11.8 Å². The summed E-state index contributed by atoms with van der Waals surface area (Å²) in [4.78, 5) is 13.5. The maximum Gasteiger partial charge on any atom is 0.180 e. The third-order valence-corrected chi connectivity index (χ3v) is 5.04. The van der Waals surface area contributed by atoms with Crippen molar-refractivity contribution in [1.82, 2.24) is 0 Å². The summed E-state index contributed by atoms with van der Waals surface area (Å²) in [5, 5.41) is 0.656. The summed E-state index contributed by atoms with van der Waals surface area (Å²) in [6.45, 7) is 0.319. The van der Waals surface area contributed by atoms with Crippen molar-refractivity contribution < 1.29 is 9.53 Å². The molecule has 0 N–H and O–H groups in total. The van der Waals surface area contributed by atoms with Gasteiger partial charge in [-0.1, -0.05) is 66.2 Å². The van der Waals surface area contributed by atoms with Crippen molar-refractivity contribution in [3.05, 3.63) is 101 Å². The standard InChI is InChI=1S/C22H17ClO2/c23-18-12-10-17(11-13-18)22(14-16-6-2-1-3-7-16)15-25-20-9-5-4-8-19(20)21(22)24/h1-13H,14-15H2/t22-/m0/s1. The second-order valence-corrected chi connectivity index (χ2v) is 6.80. The number of carbonyl (C=O) groups excluding carboxylic acids is 1. The number of ether oxygens (including phenoxy) is 1. The van der Waals surface area contributed by atoms with Gasteiger partial charge in [0.25, 0.3) is 0 Å². The Balaban J connectivity index is 1.85. The Bertz CT molecular complexity index is 903. The number of Topliss-reactive ketones (excluding diaryl/α,β-unsaturated/α-hetero) is 1. The van der Waals surface area contributed by atoms with Crippen LogP contribution in [0.5, 0.6) is 5.75 Å². The Kier molecular flexibility index (Phi) is 4.06. The summed E-state index contributed by atoms with van der Waals surface area (Å²) < 4.78 is 6.01. The van der Waals surface area contributed by atoms with Crippen molar-refractivity contribution in [3.63, 3.8) is 0 Å². The van der Waals surface area contributed by atoms with Crippen LogP contribution in [0.3, 0.4) is 0 Å². The SMILES string of the molecule is O=C1c2ccccc2OC[C@@]1(Cc1ccccc1)c1ccc(Cl)cc1. The molecule has 0 bridgehead atoms. The van der Waals surface area contributed by atoms with Gasteiger partial charge < -0.3 is 4.74 Å². The van der Waals surface area contributed by atoms with E-state index in [0.717, 1.165) is 11.1 Å². The van der Waals surface area contributed by atoms with Crippen LogP contribution in [-0.4, -0.2) is 12.4 Å². The van der Waals surface area contributed by atoms with Crippen LogP contribution in [0, 0.1) is 0 Å². The third-order valence-electron chi connectivity index (χ3n) is 4.79. The summed E-state index contributed by atoms with van der Waals surface area (Å²) >= 11 is 6.06. The minimum atomic E-state index is -0.750. The summed E-state index contributed by atoms with van der Waals surface area (Å²) in [6.07, 6.45) is 0.586. The van der Waals surface area contributed by atoms with Gasteiger partial charge in [0.1, 0.15) is 12.4 Å². The van der Waals surface area contributed by atoms with Gasteiger partial charge in [-0.05, 0) is 41.8 Å². The first-order valence-corrected chi connectivity index (χ1v) is 8.63. The number of para-hydroxylation sites is 1. The summed E-state index contributed by atoms with van der Waals surface area (Å²) in [5.41, 5.74) is 1.92. The van der Waals surface area contributed by atoms with Crippen LogP contribution in [0.1, 0.15) is 21.5 Å². The van der Waals surface area contributed by atoms with Crippen molar-refractivity contribution >= 4 is 17.4 Å². The van der Waals surface area contributed by atoms with E-state index >= 15 is 0 Å². The van der Waals surface area contributed by atoms with Gasteiger partial charge in [0.15, 0.2) is 5.78 Å². The van der Waals surface area contributed by atoms with E-state index in [1.54, 1.807) is 0 Å². The monoisotopic (exact) mass is 348 g/mol. The van der Waals surface area contributed by atoms with Crippen molar-refractivity contribution in [3.8, 4) is 5.75 Å². The van der Waals surface area contributed by atoms with Gasteiger partial charge in [0.05, 0.1) is 11.0 Å². The Labute approximate surface area is 152 Å². The number of benzene rings is 3. The number of fused-ring (bicyclic) bond motifs is 1. The molecule has 3 aromatic carbocycles. The fraction of sp³-hybridized carbons (Fsp3) is 0.136. The molecule has 1 aliphatic rings. The van der Waals surface area contributed by atoms with E-state index in [-0.39, 0.29) is 5.78 Å². The van der Waals surface area contributed by atoms with Crippen LogP contribution >= 0.6 is 11.6 Å². The molecule has 25 heavy (non-hydrogen) atoms. The van der Waals surface area contributed by atoms with Gasteiger partial charge in [0, 0.05) is 5.02 Å². The summed E-state index contributed by atoms with van der Waals surface area (Å²) in [5.74, 6) is 0.755. The second kappa shape index (κ2) is 6.38. The van der Waals surface area contributed by atoms with E-state index in [2.05, 4.69) is 0 Å². The van der Waals surface area contributed by atoms with Gasteiger partial charge in [0.2, 0.25) is 0 Å². The maximum atomic E-state index is 13.5. The first kappa shape index (κ1) is 15.9. The van der Waals surface area contributed by atoms with Crippen LogP contribution in [0.15, 0.2) is 78.9 Å². The number of rotatable bonds is 3. The van der Waals surface area contributed by atoms with Crippen LogP contribution in [0.2, 0.25) is 5.02 Å². The molecule has 3 heteroatoms.